The molecule has 0 aliphatic heterocycles. The molecule has 5 heteroatoms. The van der Waals surface area contributed by atoms with Gasteiger partial charge in [-0.15, -0.1) is 12.3 Å². The minimum Gasteiger partial charge on any atom is -0.444 e. The average molecular weight is 325 g/mol. The van der Waals surface area contributed by atoms with E-state index in [-0.39, 0.29) is 6.42 Å². The number of hydrogen-bond donors (Lipinski definition) is 3. The summed E-state index contributed by atoms with van der Waals surface area (Å²) in [4.78, 5) is 12.0. The zero-order chi connectivity index (χ0) is 17.5. The molecule has 1 fully saturated rings. The third-order valence-electron chi connectivity index (χ3n) is 4.15. The molecule has 1 aliphatic carbocycles. The second-order valence-electron chi connectivity index (χ2n) is 7.46. The standard InChI is InChI=1S/C18H31NO4/c1-5-9-15(20)16(21)14(12-13-10-7-6-8-11-13)19-17(22)23-18(2,3)4/h1,13-16,20-21H,6-12H2,2-4H3,(H,19,22). The summed E-state index contributed by atoms with van der Waals surface area (Å²) >= 11 is 0. The lowest BCUT2D eigenvalue weighted by Crippen LogP contribution is -2.50. The van der Waals surface area contributed by atoms with Crippen LogP contribution in [0.3, 0.4) is 0 Å². The summed E-state index contributed by atoms with van der Waals surface area (Å²) in [5.74, 6) is 2.79. The van der Waals surface area contributed by atoms with Gasteiger partial charge in [0.05, 0.1) is 12.1 Å². The van der Waals surface area contributed by atoms with E-state index in [4.69, 9.17) is 11.2 Å². The topological polar surface area (TPSA) is 78.8 Å². The maximum absolute atomic E-state index is 12.0. The first-order valence-corrected chi connectivity index (χ1v) is 8.52. The molecule has 132 valence electrons. The summed E-state index contributed by atoms with van der Waals surface area (Å²) in [6.45, 7) is 5.35. The van der Waals surface area contributed by atoms with Gasteiger partial charge in [-0.2, -0.15) is 0 Å². The molecular weight excluding hydrogens is 294 g/mol. The van der Waals surface area contributed by atoms with E-state index in [0.29, 0.717) is 12.3 Å². The van der Waals surface area contributed by atoms with E-state index >= 15 is 0 Å². The predicted molar refractivity (Wildman–Crippen MR) is 89.8 cm³/mol. The first-order chi connectivity index (χ1) is 10.7. The molecule has 1 amide bonds. The first kappa shape index (κ1) is 19.8. The van der Waals surface area contributed by atoms with Crippen LogP contribution in [-0.2, 0) is 4.74 Å². The van der Waals surface area contributed by atoms with E-state index < -0.39 is 29.9 Å². The maximum atomic E-state index is 12.0. The fraction of sp³-hybridized carbons (Fsp3) is 0.833. The highest BCUT2D eigenvalue weighted by Crippen LogP contribution is 2.28. The monoisotopic (exact) mass is 325 g/mol. The van der Waals surface area contributed by atoms with Crippen LogP contribution in [0, 0.1) is 18.3 Å². The summed E-state index contributed by atoms with van der Waals surface area (Å²) in [6.07, 6.45) is 8.92. The lowest BCUT2D eigenvalue weighted by atomic mass is 9.83. The Morgan fingerprint density at radius 1 is 1.30 bits per heavy atom. The predicted octanol–water partition coefficient (Wildman–Crippen LogP) is 2.60. The molecule has 3 N–H and O–H groups in total. The fourth-order valence-corrected chi connectivity index (χ4v) is 3.03. The van der Waals surface area contributed by atoms with Crippen LogP contribution in [0.25, 0.3) is 0 Å². The molecule has 5 nitrogen and oxygen atoms in total. The highest BCUT2D eigenvalue weighted by atomic mass is 16.6. The number of ether oxygens (including phenoxy) is 1. The number of aliphatic hydroxyl groups is 2. The zero-order valence-corrected chi connectivity index (χ0v) is 14.5. The highest BCUT2D eigenvalue weighted by molar-refractivity contribution is 5.68. The van der Waals surface area contributed by atoms with Gasteiger partial charge in [0.15, 0.2) is 0 Å². The number of carbonyl (C=O) groups excluding carboxylic acids is 1. The molecule has 0 aromatic rings. The van der Waals surface area contributed by atoms with Crippen molar-refractivity contribution in [3.05, 3.63) is 0 Å². The Balaban J connectivity index is 2.70. The second-order valence-corrected chi connectivity index (χ2v) is 7.46. The van der Waals surface area contributed by atoms with Crippen LogP contribution < -0.4 is 5.32 Å². The molecule has 0 spiro atoms. The van der Waals surface area contributed by atoms with Gasteiger partial charge >= 0.3 is 6.09 Å². The van der Waals surface area contributed by atoms with Crippen LogP contribution in [0.15, 0.2) is 0 Å². The Morgan fingerprint density at radius 3 is 2.43 bits per heavy atom. The van der Waals surface area contributed by atoms with E-state index in [1.807, 2.05) is 0 Å². The van der Waals surface area contributed by atoms with E-state index in [0.717, 1.165) is 12.8 Å². The molecule has 0 radical (unpaired) electrons. The van der Waals surface area contributed by atoms with Crippen molar-refractivity contribution in [2.75, 3.05) is 0 Å². The number of terminal acetylenes is 1. The van der Waals surface area contributed by atoms with Crippen molar-refractivity contribution in [3.8, 4) is 12.3 Å². The minimum absolute atomic E-state index is 0.0539. The lowest BCUT2D eigenvalue weighted by molar-refractivity contribution is -0.0124. The number of aliphatic hydroxyl groups excluding tert-OH is 2. The van der Waals surface area contributed by atoms with Gasteiger partial charge in [0, 0.05) is 6.42 Å². The van der Waals surface area contributed by atoms with Crippen molar-refractivity contribution in [1.82, 2.24) is 5.32 Å². The van der Waals surface area contributed by atoms with E-state index in [9.17, 15) is 15.0 Å². The van der Waals surface area contributed by atoms with Crippen LogP contribution in [0.1, 0.15) is 65.7 Å². The van der Waals surface area contributed by atoms with E-state index in [1.165, 1.54) is 19.3 Å². The molecular formula is C18H31NO4. The summed E-state index contributed by atoms with van der Waals surface area (Å²) in [7, 11) is 0. The second kappa shape index (κ2) is 9.14. The maximum Gasteiger partial charge on any atom is 0.407 e. The fourth-order valence-electron chi connectivity index (χ4n) is 3.03. The van der Waals surface area contributed by atoms with Gasteiger partial charge in [0.25, 0.3) is 0 Å². The number of hydrogen-bond acceptors (Lipinski definition) is 4. The van der Waals surface area contributed by atoms with Gasteiger partial charge in [-0.05, 0) is 33.1 Å². The van der Waals surface area contributed by atoms with Gasteiger partial charge in [0.2, 0.25) is 0 Å². The van der Waals surface area contributed by atoms with Crippen LogP contribution in [0.5, 0.6) is 0 Å². The van der Waals surface area contributed by atoms with Crippen molar-refractivity contribution in [2.24, 2.45) is 5.92 Å². The molecule has 0 bridgehead atoms. The zero-order valence-electron chi connectivity index (χ0n) is 14.5. The third-order valence-corrected chi connectivity index (χ3v) is 4.15. The minimum atomic E-state index is -1.10. The molecule has 1 saturated carbocycles. The average Bonchev–Trinajstić information content (AvgIpc) is 2.45. The van der Waals surface area contributed by atoms with E-state index in [1.54, 1.807) is 20.8 Å². The molecule has 3 unspecified atom stereocenters. The number of carbonyl (C=O) groups is 1. The molecule has 3 atom stereocenters. The Hall–Kier alpha value is -1.25. The van der Waals surface area contributed by atoms with E-state index in [2.05, 4.69) is 11.2 Å². The van der Waals surface area contributed by atoms with Crippen LogP contribution >= 0.6 is 0 Å². The van der Waals surface area contributed by atoms with Crippen molar-refractivity contribution in [1.29, 1.82) is 0 Å². The van der Waals surface area contributed by atoms with Gasteiger partial charge in [-0.3, -0.25) is 0 Å². The van der Waals surface area contributed by atoms with Crippen LogP contribution in [0.2, 0.25) is 0 Å². The molecule has 0 aromatic heterocycles. The van der Waals surface area contributed by atoms with Gasteiger partial charge in [-0.25, -0.2) is 4.79 Å². The largest absolute Gasteiger partial charge is 0.444 e. The Labute approximate surface area is 139 Å². The van der Waals surface area contributed by atoms with Gasteiger partial charge in [-0.1, -0.05) is 32.1 Å². The lowest BCUT2D eigenvalue weighted by Gasteiger charge is -2.32. The number of amides is 1. The van der Waals surface area contributed by atoms with Crippen molar-refractivity contribution in [2.45, 2.75) is 89.6 Å². The van der Waals surface area contributed by atoms with Crippen molar-refractivity contribution >= 4 is 6.09 Å². The molecule has 0 heterocycles. The third kappa shape index (κ3) is 7.71. The Bertz CT molecular complexity index is 404. The Morgan fingerprint density at radius 2 is 1.91 bits per heavy atom. The summed E-state index contributed by atoms with van der Waals surface area (Å²) < 4.78 is 5.26. The molecule has 0 aromatic carbocycles. The van der Waals surface area contributed by atoms with Crippen molar-refractivity contribution in [3.63, 3.8) is 0 Å². The van der Waals surface area contributed by atoms with Gasteiger partial charge in [0.1, 0.15) is 11.7 Å². The Kier molecular flexibility index (Phi) is 7.87. The molecule has 0 saturated heterocycles. The number of rotatable bonds is 6. The normalized spacial score (nSPS) is 20.2. The highest BCUT2D eigenvalue weighted by Gasteiger charge is 2.31. The van der Waals surface area contributed by atoms with Crippen LogP contribution in [-0.4, -0.2) is 40.2 Å². The van der Waals surface area contributed by atoms with Crippen LogP contribution in [0.4, 0.5) is 4.79 Å². The van der Waals surface area contributed by atoms with Gasteiger partial charge < -0.3 is 20.3 Å². The smallest absolute Gasteiger partial charge is 0.407 e. The summed E-state index contributed by atoms with van der Waals surface area (Å²) in [5.41, 5.74) is -0.609. The quantitative estimate of drug-likeness (QED) is 0.656. The first-order valence-electron chi connectivity index (χ1n) is 8.52. The molecule has 1 rings (SSSR count). The summed E-state index contributed by atoms with van der Waals surface area (Å²) in [5, 5.41) is 23.1. The molecule has 23 heavy (non-hydrogen) atoms. The summed E-state index contributed by atoms with van der Waals surface area (Å²) in [6, 6.07) is -0.559. The number of alkyl carbamates (subject to hydrolysis) is 1. The van der Waals surface area contributed by atoms with Crippen molar-refractivity contribution < 1.29 is 19.7 Å². The SMILES string of the molecule is C#CCC(O)C(O)C(CC1CCCCC1)NC(=O)OC(C)(C)C. The molecule has 1 aliphatic rings. The number of nitrogens with one attached hydrogen (secondary N) is 1.